The predicted molar refractivity (Wildman–Crippen MR) is 102 cm³/mol. The van der Waals surface area contributed by atoms with E-state index in [4.69, 9.17) is 11.6 Å². The minimum atomic E-state index is -0.508. The van der Waals surface area contributed by atoms with Gasteiger partial charge in [-0.25, -0.2) is 9.78 Å². The second-order valence-electron chi connectivity index (χ2n) is 5.74. The first-order valence-electron chi connectivity index (χ1n) is 8.10. The van der Waals surface area contributed by atoms with E-state index in [1.165, 1.54) is 25.4 Å². The third-order valence-electron chi connectivity index (χ3n) is 3.78. The summed E-state index contributed by atoms with van der Waals surface area (Å²) in [7, 11) is 1.28. The summed E-state index contributed by atoms with van der Waals surface area (Å²) in [6.07, 6.45) is 3.69. The summed E-state index contributed by atoms with van der Waals surface area (Å²) in [5.74, 6) is -0.512. The van der Waals surface area contributed by atoms with Gasteiger partial charge in [0.15, 0.2) is 0 Å². The van der Waals surface area contributed by atoms with Crippen molar-refractivity contribution in [1.29, 1.82) is 0 Å². The van der Waals surface area contributed by atoms with Gasteiger partial charge in [0.25, 0.3) is 5.91 Å². The highest BCUT2D eigenvalue weighted by Gasteiger charge is 2.11. The van der Waals surface area contributed by atoms with Crippen molar-refractivity contribution < 1.29 is 14.3 Å². The highest BCUT2D eigenvalue weighted by Crippen LogP contribution is 2.15. The summed E-state index contributed by atoms with van der Waals surface area (Å²) in [6, 6.07) is 14.2. The third-order valence-corrected chi connectivity index (χ3v) is 4.02. The van der Waals surface area contributed by atoms with Gasteiger partial charge in [-0.05, 0) is 47.9 Å². The van der Waals surface area contributed by atoms with E-state index in [-0.39, 0.29) is 11.3 Å². The van der Waals surface area contributed by atoms with Crippen LogP contribution in [-0.2, 0) is 11.2 Å². The van der Waals surface area contributed by atoms with Crippen molar-refractivity contribution in [2.75, 3.05) is 12.4 Å². The maximum absolute atomic E-state index is 12.2. The largest absolute Gasteiger partial charge is 0.465 e. The molecule has 136 valence electrons. The SMILES string of the molecule is COC(=O)c1ccc(C(=O)Nc2ccc(Cc3cccc(Cl)c3)cn2)nc1. The van der Waals surface area contributed by atoms with E-state index >= 15 is 0 Å². The van der Waals surface area contributed by atoms with Crippen molar-refractivity contribution in [3.05, 3.63) is 88.3 Å². The van der Waals surface area contributed by atoms with Gasteiger partial charge in [0.05, 0.1) is 12.7 Å². The van der Waals surface area contributed by atoms with E-state index in [2.05, 4.69) is 20.0 Å². The molecule has 0 bridgehead atoms. The molecule has 0 aliphatic carbocycles. The molecule has 6 nitrogen and oxygen atoms in total. The Bertz CT molecular complexity index is 957. The van der Waals surface area contributed by atoms with Crippen LogP contribution in [0.3, 0.4) is 0 Å². The number of hydrogen-bond donors (Lipinski definition) is 1. The number of rotatable bonds is 5. The summed E-state index contributed by atoms with van der Waals surface area (Å²) < 4.78 is 4.60. The third kappa shape index (κ3) is 4.89. The quantitative estimate of drug-likeness (QED) is 0.680. The Morgan fingerprint density at radius 3 is 2.52 bits per heavy atom. The van der Waals surface area contributed by atoms with Crippen LogP contribution in [0.4, 0.5) is 5.82 Å². The molecule has 0 aliphatic heterocycles. The fourth-order valence-electron chi connectivity index (χ4n) is 2.43. The minimum absolute atomic E-state index is 0.174. The molecule has 1 N–H and O–H groups in total. The van der Waals surface area contributed by atoms with E-state index < -0.39 is 11.9 Å². The van der Waals surface area contributed by atoms with Crippen LogP contribution in [0, 0.1) is 0 Å². The maximum Gasteiger partial charge on any atom is 0.339 e. The lowest BCUT2D eigenvalue weighted by Crippen LogP contribution is -2.15. The Hall–Kier alpha value is -3.25. The van der Waals surface area contributed by atoms with E-state index in [1.54, 1.807) is 12.3 Å². The van der Waals surface area contributed by atoms with Crippen LogP contribution in [0.25, 0.3) is 0 Å². The number of amides is 1. The summed E-state index contributed by atoms with van der Waals surface area (Å²) in [6.45, 7) is 0. The highest BCUT2D eigenvalue weighted by molar-refractivity contribution is 6.30. The monoisotopic (exact) mass is 381 g/mol. The van der Waals surface area contributed by atoms with Gasteiger partial charge in [0.1, 0.15) is 11.5 Å². The van der Waals surface area contributed by atoms with Crippen LogP contribution in [0.1, 0.15) is 32.0 Å². The van der Waals surface area contributed by atoms with Crippen LogP contribution in [0.2, 0.25) is 5.02 Å². The predicted octanol–water partition coefficient (Wildman–Crippen LogP) is 3.76. The van der Waals surface area contributed by atoms with E-state index in [1.807, 2.05) is 30.3 Å². The molecule has 0 unspecified atom stereocenters. The topological polar surface area (TPSA) is 81.2 Å². The normalized spacial score (nSPS) is 10.3. The van der Waals surface area contributed by atoms with Gasteiger partial charge in [0, 0.05) is 17.4 Å². The lowest BCUT2D eigenvalue weighted by molar-refractivity contribution is 0.0600. The van der Waals surface area contributed by atoms with Crippen molar-refractivity contribution >= 4 is 29.3 Å². The van der Waals surface area contributed by atoms with Crippen LogP contribution >= 0.6 is 11.6 Å². The van der Waals surface area contributed by atoms with Gasteiger partial charge in [-0.2, -0.15) is 0 Å². The molecule has 0 radical (unpaired) electrons. The number of hydrogen-bond acceptors (Lipinski definition) is 5. The van der Waals surface area contributed by atoms with Gasteiger partial charge < -0.3 is 10.1 Å². The number of carbonyl (C=O) groups excluding carboxylic acids is 2. The summed E-state index contributed by atoms with van der Waals surface area (Å²) in [5, 5.41) is 3.36. The van der Waals surface area contributed by atoms with E-state index in [9.17, 15) is 9.59 Å². The molecule has 0 atom stereocenters. The first-order chi connectivity index (χ1) is 13.0. The Kier molecular flexibility index (Phi) is 5.78. The summed E-state index contributed by atoms with van der Waals surface area (Å²) >= 11 is 5.99. The highest BCUT2D eigenvalue weighted by atomic mass is 35.5. The average molecular weight is 382 g/mol. The number of pyridine rings is 2. The molecule has 3 rings (SSSR count). The first kappa shape index (κ1) is 18.5. The number of ether oxygens (including phenoxy) is 1. The number of halogens is 1. The molecule has 27 heavy (non-hydrogen) atoms. The molecular formula is C20H16ClN3O3. The van der Waals surface area contributed by atoms with Crippen LogP contribution in [-0.4, -0.2) is 29.0 Å². The number of methoxy groups -OCH3 is 1. The molecule has 7 heteroatoms. The number of benzene rings is 1. The molecule has 2 heterocycles. The molecule has 1 amide bonds. The molecule has 0 aliphatic rings. The van der Waals surface area contributed by atoms with Crippen LogP contribution < -0.4 is 5.32 Å². The van der Waals surface area contributed by atoms with Crippen molar-refractivity contribution in [3.8, 4) is 0 Å². The number of nitrogens with zero attached hydrogens (tertiary/aromatic N) is 2. The van der Waals surface area contributed by atoms with Crippen molar-refractivity contribution in [2.24, 2.45) is 0 Å². The Balaban J connectivity index is 1.63. The number of anilines is 1. The van der Waals surface area contributed by atoms with Crippen LogP contribution in [0.5, 0.6) is 0 Å². The maximum atomic E-state index is 12.2. The smallest absolute Gasteiger partial charge is 0.339 e. The molecule has 0 spiro atoms. The van der Waals surface area contributed by atoms with E-state index in [0.29, 0.717) is 17.3 Å². The van der Waals surface area contributed by atoms with Crippen molar-refractivity contribution in [3.63, 3.8) is 0 Å². The molecular weight excluding hydrogens is 366 g/mol. The van der Waals surface area contributed by atoms with Gasteiger partial charge in [0.2, 0.25) is 0 Å². The number of carbonyl (C=O) groups is 2. The lowest BCUT2D eigenvalue weighted by atomic mass is 10.1. The van der Waals surface area contributed by atoms with Crippen molar-refractivity contribution in [1.82, 2.24) is 9.97 Å². The molecule has 0 saturated carbocycles. The van der Waals surface area contributed by atoms with Gasteiger partial charge in [-0.3, -0.25) is 9.78 Å². The number of aromatic nitrogens is 2. The zero-order chi connectivity index (χ0) is 19.2. The fraction of sp³-hybridized carbons (Fsp3) is 0.100. The lowest BCUT2D eigenvalue weighted by Gasteiger charge is -2.06. The molecule has 1 aromatic carbocycles. The number of esters is 1. The standard InChI is InChI=1S/C20H16ClN3O3/c1-27-20(26)15-6-7-17(22-12-15)19(25)24-18-8-5-14(11-23-18)9-13-3-2-4-16(21)10-13/h2-8,10-12H,9H2,1H3,(H,23,24,25). The summed E-state index contributed by atoms with van der Waals surface area (Å²) in [4.78, 5) is 31.8. The molecule has 3 aromatic rings. The Labute approximate surface area is 161 Å². The zero-order valence-electron chi connectivity index (χ0n) is 14.5. The number of nitrogens with one attached hydrogen (secondary N) is 1. The van der Waals surface area contributed by atoms with Gasteiger partial charge in [-0.1, -0.05) is 29.8 Å². The summed E-state index contributed by atoms with van der Waals surface area (Å²) in [5.41, 5.74) is 2.52. The van der Waals surface area contributed by atoms with Gasteiger partial charge in [-0.15, -0.1) is 0 Å². The Morgan fingerprint density at radius 1 is 1.04 bits per heavy atom. The van der Waals surface area contributed by atoms with Crippen molar-refractivity contribution in [2.45, 2.75) is 6.42 Å². The second kappa shape index (κ2) is 8.42. The second-order valence-corrected chi connectivity index (χ2v) is 6.17. The zero-order valence-corrected chi connectivity index (χ0v) is 15.2. The molecule has 0 saturated heterocycles. The molecule has 2 aromatic heterocycles. The van der Waals surface area contributed by atoms with Gasteiger partial charge >= 0.3 is 5.97 Å². The average Bonchev–Trinajstić information content (AvgIpc) is 2.69. The van der Waals surface area contributed by atoms with E-state index in [0.717, 1.165) is 11.1 Å². The molecule has 0 fully saturated rings. The Morgan fingerprint density at radius 2 is 1.89 bits per heavy atom. The fourth-order valence-corrected chi connectivity index (χ4v) is 2.65. The first-order valence-corrected chi connectivity index (χ1v) is 8.48. The minimum Gasteiger partial charge on any atom is -0.465 e. The van der Waals surface area contributed by atoms with Crippen LogP contribution in [0.15, 0.2) is 60.9 Å².